The van der Waals surface area contributed by atoms with Gasteiger partial charge in [-0.1, -0.05) is 30.7 Å². The van der Waals surface area contributed by atoms with E-state index in [1.54, 1.807) is 12.1 Å². The van der Waals surface area contributed by atoms with E-state index in [2.05, 4.69) is 12.1 Å². The summed E-state index contributed by atoms with van der Waals surface area (Å²) in [6, 6.07) is 11.4. The summed E-state index contributed by atoms with van der Waals surface area (Å²) in [5.74, 6) is 1.07. The quantitative estimate of drug-likeness (QED) is 0.745. The van der Waals surface area contributed by atoms with Crippen LogP contribution in [-0.4, -0.2) is 5.78 Å². The number of carbonyl (C=O) groups is 1. The topological polar surface area (TPSA) is 30.2 Å². The predicted octanol–water partition coefficient (Wildman–Crippen LogP) is 3.78. The molecule has 2 heteroatoms. The van der Waals surface area contributed by atoms with E-state index in [1.807, 2.05) is 12.1 Å². The van der Waals surface area contributed by atoms with Gasteiger partial charge in [0.15, 0.2) is 5.76 Å². The van der Waals surface area contributed by atoms with Crippen LogP contribution in [0.25, 0.3) is 0 Å². The minimum Gasteiger partial charge on any atom is -0.461 e. The molecule has 0 N–H and O–H groups in total. The average molecular weight is 226 g/mol. The van der Waals surface area contributed by atoms with Crippen LogP contribution < -0.4 is 0 Å². The molecule has 2 nitrogen and oxygen atoms in total. The molecule has 0 amide bonds. The fourth-order valence-electron chi connectivity index (χ4n) is 2.20. The van der Waals surface area contributed by atoms with Crippen molar-refractivity contribution >= 4 is 5.78 Å². The third kappa shape index (κ3) is 1.91. The highest BCUT2D eigenvalue weighted by molar-refractivity contribution is 6.07. The van der Waals surface area contributed by atoms with Crippen LogP contribution in [0.15, 0.2) is 47.1 Å². The maximum Gasteiger partial charge on any atom is 0.228 e. The van der Waals surface area contributed by atoms with Crippen LogP contribution in [0.1, 0.15) is 46.9 Å². The first-order valence-electron chi connectivity index (χ1n) is 6.03. The highest BCUT2D eigenvalue weighted by Crippen LogP contribution is 2.36. The van der Waals surface area contributed by atoms with E-state index in [0.29, 0.717) is 17.2 Å². The molecule has 1 aromatic heterocycles. The Labute approximate surface area is 100 Å². The van der Waals surface area contributed by atoms with Crippen molar-refractivity contribution in [2.24, 2.45) is 0 Å². The van der Waals surface area contributed by atoms with E-state index in [4.69, 9.17) is 4.42 Å². The van der Waals surface area contributed by atoms with Crippen molar-refractivity contribution in [1.82, 2.24) is 0 Å². The lowest BCUT2D eigenvalue weighted by Crippen LogP contribution is -2.09. The van der Waals surface area contributed by atoms with E-state index in [-0.39, 0.29) is 5.78 Å². The van der Waals surface area contributed by atoms with Gasteiger partial charge in [-0.2, -0.15) is 0 Å². The monoisotopic (exact) mass is 226 g/mol. The Balaban J connectivity index is 1.82. The summed E-state index contributed by atoms with van der Waals surface area (Å²) in [7, 11) is 0. The van der Waals surface area contributed by atoms with Gasteiger partial charge < -0.3 is 4.42 Å². The molecule has 17 heavy (non-hydrogen) atoms. The van der Waals surface area contributed by atoms with Crippen LogP contribution in [0.2, 0.25) is 0 Å². The number of ketones is 1. The molecule has 0 spiro atoms. The zero-order valence-electron chi connectivity index (χ0n) is 9.56. The van der Waals surface area contributed by atoms with Gasteiger partial charge in [0.2, 0.25) is 5.78 Å². The van der Waals surface area contributed by atoms with E-state index in [9.17, 15) is 4.79 Å². The van der Waals surface area contributed by atoms with Crippen molar-refractivity contribution in [3.8, 4) is 0 Å². The molecule has 0 bridgehead atoms. The molecule has 1 saturated carbocycles. The molecule has 0 radical (unpaired) electrons. The molecule has 1 aliphatic rings. The standard InChI is InChI=1S/C15H14O2/c16-15(14-5-2-10-17-14)13-8-6-12(7-9-13)11-3-1-4-11/h2,5-11H,1,3-4H2. The van der Waals surface area contributed by atoms with Crippen LogP contribution in [0.3, 0.4) is 0 Å². The Bertz CT molecular complexity index is 504. The van der Waals surface area contributed by atoms with Gasteiger partial charge in [-0.3, -0.25) is 4.79 Å². The van der Waals surface area contributed by atoms with Crippen LogP contribution in [0.4, 0.5) is 0 Å². The van der Waals surface area contributed by atoms with Crippen molar-refractivity contribution in [1.29, 1.82) is 0 Å². The Morgan fingerprint density at radius 2 is 1.88 bits per heavy atom. The molecule has 0 aliphatic heterocycles. The van der Waals surface area contributed by atoms with E-state index in [0.717, 1.165) is 0 Å². The van der Waals surface area contributed by atoms with Crippen molar-refractivity contribution in [2.45, 2.75) is 25.2 Å². The van der Waals surface area contributed by atoms with Gasteiger partial charge in [-0.25, -0.2) is 0 Å². The van der Waals surface area contributed by atoms with Gasteiger partial charge >= 0.3 is 0 Å². The molecular weight excluding hydrogens is 212 g/mol. The largest absolute Gasteiger partial charge is 0.461 e. The molecule has 1 fully saturated rings. The van der Waals surface area contributed by atoms with Gasteiger partial charge in [0, 0.05) is 5.56 Å². The highest BCUT2D eigenvalue weighted by Gasteiger charge is 2.19. The van der Waals surface area contributed by atoms with Crippen molar-refractivity contribution in [2.75, 3.05) is 0 Å². The Kier molecular flexibility index (Phi) is 2.56. The Morgan fingerprint density at radius 3 is 2.41 bits per heavy atom. The molecule has 1 aliphatic carbocycles. The van der Waals surface area contributed by atoms with Crippen LogP contribution in [0, 0.1) is 0 Å². The SMILES string of the molecule is O=C(c1ccc(C2CCC2)cc1)c1ccco1. The molecule has 3 rings (SSSR count). The molecule has 1 heterocycles. The molecule has 0 unspecified atom stereocenters. The van der Waals surface area contributed by atoms with Crippen LogP contribution in [-0.2, 0) is 0 Å². The summed E-state index contributed by atoms with van der Waals surface area (Å²) in [5.41, 5.74) is 2.05. The number of carbonyl (C=O) groups excluding carboxylic acids is 1. The maximum atomic E-state index is 12.0. The Morgan fingerprint density at radius 1 is 1.12 bits per heavy atom. The van der Waals surface area contributed by atoms with Crippen LogP contribution >= 0.6 is 0 Å². The highest BCUT2D eigenvalue weighted by atomic mass is 16.3. The minimum atomic E-state index is -0.0461. The molecule has 0 saturated heterocycles. The normalized spacial score (nSPS) is 15.5. The van der Waals surface area contributed by atoms with E-state index < -0.39 is 0 Å². The lowest BCUT2D eigenvalue weighted by Gasteiger charge is -2.25. The molecule has 86 valence electrons. The molecule has 0 atom stereocenters. The summed E-state index contributed by atoms with van der Waals surface area (Å²) >= 11 is 0. The average Bonchev–Trinajstić information content (AvgIpc) is 2.80. The second-order valence-corrected chi connectivity index (χ2v) is 4.56. The van der Waals surface area contributed by atoms with E-state index >= 15 is 0 Å². The van der Waals surface area contributed by atoms with Gasteiger partial charge in [0.25, 0.3) is 0 Å². The summed E-state index contributed by atoms with van der Waals surface area (Å²) in [6.45, 7) is 0. The third-order valence-electron chi connectivity index (χ3n) is 3.49. The summed E-state index contributed by atoms with van der Waals surface area (Å²) in [5, 5.41) is 0. The number of benzene rings is 1. The van der Waals surface area contributed by atoms with Gasteiger partial charge in [-0.15, -0.1) is 0 Å². The zero-order valence-corrected chi connectivity index (χ0v) is 9.56. The lowest BCUT2D eigenvalue weighted by molar-refractivity contribution is 0.101. The summed E-state index contributed by atoms with van der Waals surface area (Å²) in [4.78, 5) is 12.0. The fourth-order valence-corrected chi connectivity index (χ4v) is 2.20. The summed E-state index contributed by atoms with van der Waals surface area (Å²) < 4.78 is 5.11. The number of rotatable bonds is 3. The number of furan rings is 1. The number of hydrogen-bond acceptors (Lipinski definition) is 2. The van der Waals surface area contributed by atoms with Gasteiger partial charge in [-0.05, 0) is 36.5 Å². The van der Waals surface area contributed by atoms with Crippen molar-refractivity contribution in [3.63, 3.8) is 0 Å². The molecular formula is C15H14O2. The fraction of sp³-hybridized carbons (Fsp3) is 0.267. The first kappa shape index (κ1) is 10.3. The second-order valence-electron chi connectivity index (χ2n) is 4.56. The summed E-state index contributed by atoms with van der Waals surface area (Å²) in [6.07, 6.45) is 5.42. The van der Waals surface area contributed by atoms with Crippen LogP contribution in [0.5, 0.6) is 0 Å². The minimum absolute atomic E-state index is 0.0461. The zero-order chi connectivity index (χ0) is 11.7. The number of hydrogen-bond donors (Lipinski definition) is 0. The predicted molar refractivity (Wildman–Crippen MR) is 65.2 cm³/mol. The lowest BCUT2D eigenvalue weighted by atomic mass is 9.80. The maximum absolute atomic E-state index is 12.0. The van der Waals surface area contributed by atoms with Crippen molar-refractivity contribution in [3.05, 3.63) is 59.5 Å². The molecule has 2 aromatic rings. The van der Waals surface area contributed by atoms with Crippen molar-refractivity contribution < 1.29 is 9.21 Å². The van der Waals surface area contributed by atoms with Gasteiger partial charge in [0.05, 0.1) is 6.26 Å². The smallest absolute Gasteiger partial charge is 0.228 e. The first-order chi connectivity index (χ1) is 8.34. The first-order valence-corrected chi connectivity index (χ1v) is 6.03. The second kappa shape index (κ2) is 4.21. The third-order valence-corrected chi connectivity index (χ3v) is 3.49. The Hall–Kier alpha value is -1.83. The van der Waals surface area contributed by atoms with E-state index in [1.165, 1.54) is 31.1 Å². The molecule has 1 aromatic carbocycles. The van der Waals surface area contributed by atoms with Gasteiger partial charge in [0.1, 0.15) is 0 Å².